The molecular formula is C19H22FNO3. The van der Waals surface area contributed by atoms with E-state index in [1.165, 1.54) is 13.2 Å². The zero-order valence-corrected chi connectivity index (χ0v) is 14.1. The molecular weight excluding hydrogens is 309 g/mol. The second kappa shape index (κ2) is 7.93. The molecule has 0 aliphatic rings. The zero-order valence-electron chi connectivity index (χ0n) is 14.1. The Bertz CT molecular complexity index is 705. The van der Waals surface area contributed by atoms with E-state index in [-0.39, 0.29) is 24.7 Å². The van der Waals surface area contributed by atoms with Crippen LogP contribution in [0.4, 0.5) is 4.39 Å². The average molecular weight is 331 g/mol. The molecule has 128 valence electrons. The smallest absolute Gasteiger partial charge is 0.224 e. The molecule has 2 rings (SSSR count). The number of nitrogens with one attached hydrogen (secondary N) is 1. The Hall–Kier alpha value is -2.40. The molecule has 0 saturated heterocycles. The van der Waals surface area contributed by atoms with Gasteiger partial charge in [0.1, 0.15) is 17.2 Å². The number of carbonyl (C=O) groups excluding carboxylic acids is 1. The molecule has 1 unspecified atom stereocenters. The first-order chi connectivity index (χ1) is 11.5. The number of carbonyl (C=O) groups is 1. The van der Waals surface area contributed by atoms with Crippen molar-refractivity contribution in [1.82, 2.24) is 5.32 Å². The first-order valence-corrected chi connectivity index (χ1v) is 7.68. The van der Waals surface area contributed by atoms with Crippen molar-refractivity contribution in [2.45, 2.75) is 18.9 Å². The van der Waals surface area contributed by atoms with E-state index in [0.29, 0.717) is 11.3 Å². The summed E-state index contributed by atoms with van der Waals surface area (Å²) in [4.78, 5) is 12.2. The van der Waals surface area contributed by atoms with Crippen molar-refractivity contribution < 1.29 is 18.7 Å². The van der Waals surface area contributed by atoms with E-state index in [1.807, 2.05) is 24.3 Å². The van der Waals surface area contributed by atoms with Gasteiger partial charge in [0.15, 0.2) is 0 Å². The van der Waals surface area contributed by atoms with Gasteiger partial charge in [-0.05, 0) is 30.7 Å². The molecule has 0 radical (unpaired) electrons. The number of benzene rings is 2. The number of halogens is 1. The maximum atomic E-state index is 14.0. The molecule has 4 nitrogen and oxygen atoms in total. The summed E-state index contributed by atoms with van der Waals surface area (Å²) in [6.45, 7) is 1.92. The van der Waals surface area contributed by atoms with Crippen LogP contribution in [-0.2, 0) is 21.6 Å². The van der Waals surface area contributed by atoms with Crippen molar-refractivity contribution in [3.8, 4) is 5.75 Å². The third-order valence-electron chi connectivity index (χ3n) is 4.02. The number of ether oxygens (including phenoxy) is 2. The quantitative estimate of drug-likeness (QED) is 0.848. The third-order valence-corrected chi connectivity index (χ3v) is 4.02. The van der Waals surface area contributed by atoms with E-state index < -0.39 is 5.60 Å². The monoisotopic (exact) mass is 331 g/mol. The van der Waals surface area contributed by atoms with Gasteiger partial charge in [0.25, 0.3) is 0 Å². The van der Waals surface area contributed by atoms with Gasteiger partial charge in [-0.15, -0.1) is 0 Å². The van der Waals surface area contributed by atoms with Gasteiger partial charge in [-0.2, -0.15) is 0 Å². The SMILES string of the molecule is COc1cccc(CC(=O)NCC(C)(OC)c2ccccc2F)c1. The summed E-state index contributed by atoms with van der Waals surface area (Å²) in [7, 11) is 3.08. The molecule has 0 heterocycles. The van der Waals surface area contributed by atoms with E-state index in [0.717, 1.165) is 5.56 Å². The fourth-order valence-corrected chi connectivity index (χ4v) is 2.47. The minimum Gasteiger partial charge on any atom is -0.497 e. The molecule has 0 saturated carbocycles. The van der Waals surface area contributed by atoms with Gasteiger partial charge in [0.05, 0.1) is 20.1 Å². The van der Waals surface area contributed by atoms with Crippen LogP contribution in [0.2, 0.25) is 0 Å². The van der Waals surface area contributed by atoms with Crippen LogP contribution in [0.15, 0.2) is 48.5 Å². The molecule has 0 aromatic heterocycles. The third kappa shape index (κ3) is 4.32. The molecule has 2 aromatic carbocycles. The standard InChI is InChI=1S/C19H22FNO3/c1-19(24-3,16-9-4-5-10-17(16)20)13-21-18(22)12-14-7-6-8-15(11-14)23-2/h4-11H,12-13H2,1-3H3,(H,21,22). The summed E-state index contributed by atoms with van der Waals surface area (Å²) in [5.74, 6) is 0.181. The van der Waals surface area contributed by atoms with Crippen LogP contribution < -0.4 is 10.1 Å². The van der Waals surface area contributed by atoms with Gasteiger partial charge in [-0.3, -0.25) is 4.79 Å². The topological polar surface area (TPSA) is 47.6 Å². The Morgan fingerprint density at radius 2 is 1.92 bits per heavy atom. The Kier molecular flexibility index (Phi) is 5.93. The molecule has 0 bridgehead atoms. The molecule has 5 heteroatoms. The first-order valence-electron chi connectivity index (χ1n) is 7.68. The molecule has 0 spiro atoms. The maximum absolute atomic E-state index is 14.0. The van der Waals surface area contributed by atoms with Gasteiger partial charge in [0, 0.05) is 12.7 Å². The predicted molar refractivity (Wildman–Crippen MR) is 90.5 cm³/mol. The van der Waals surface area contributed by atoms with Gasteiger partial charge in [-0.1, -0.05) is 30.3 Å². The van der Waals surface area contributed by atoms with Crippen molar-refractivity contribution in [1.29, 1.82) is 0 Å². The molecule has 1 atom stereocenters. The van der Waals surface area contributed by atoms with Gasteiger partial charge in [0.2, 0.25) is 5.91 Å². The second-order valence-electron chi connectivity index (χ2n) is 5.72. The number of hydrogen-bond donors (Lipinski definition) is 1. The molecule has 0 fully saturated rings. The van der Waals surface area contributed by atoms with Crippen molar-refractivity contribution >= 4 is 5.91 Å². The van der Waals surface area contributed by atoms with E-state index in [4.69, 9.17) is 9.47 Å². The lowest BCUT2D eigenvalue weighted by Gasteiger charge is -2.29. The highest BCUT2D eigenvalue weighted by molar-refractivity contribution is 5.78. The number of hydrogen-bond acceptors (Lipinski definition) is 3. The molecule has 1 amide bonds. The van der Waals surface area contributed by atoms with Gasteiger partial charge in [-0.25, -0.2) is 4.39 Å². The van der Waals surface area contributed by atoms with Crippen LogP contribution in [0.3, 0.4) is 0 Å². The normalized spacial score (nSPS) is 13.2. The summed E-state index contributed by atoms with van der Waals surface area (Å²) in [6, 6.07) is 13.7. The van der Waals surface area contributed by atoms with E-state index >= 15 is 0 Å². The van der Waals surface area contributed by atoms with Crippen LogP contribution in [0.25, 0.3) is 0 Å². The summed E-state index contributed by atoms with van der Waals surface area (Å²) in [6.07, 6.45) is 0.217. The summed E-state index contributed by atoms with van der Waals surface area (Å²) < 4.78 is 24.6. The van der Waals surface area contributed by atoms with Crippen LogP contribution in [0, 0.1) is 5.82 Å². The average Bonchev–Trinajstić information content (AvgIpc) is 2.60. The van der Waals surface area contributed by atoms with Crippen LogP contribution in [-0.4, -0.2) is 26.7 Å². The minimum absolute atomic E-state index is 0.164. The van der Waals surface area contributed by atoms with Crippen molar-refractivity contribution in [3.05, 3.63) is 65.5 Å². The Balaban J connectivity index is 2.02. The minimum atomic E-state index is -0.935. The lowest BCUT2D eigenvalue weighted by molar-refractivity contribution is -0.122. The number of methoxy groups -OCH3 is 2. The van der Waals surface area contributed by atoms with Crippen molar-refractivity contribution in [2.75, 3.05) is 20.8 Å². The second-order valence-corrected chi connectivity index (χ2v) is 5.72. The van der Waals surface area contributed by atoms with E-state index in [2.05, 4.69) is 5.32 Å². The summed E-state index contributed by atoms with van der Waals surface area (Å²) >= 11 is 0. The molecule has 2 aromatic rings. The Morgan fingerprint density at radius 3 is 2.58 bits per heavy atom. The summed E-state index contributed by atoms with van der Waals surface area (Å²) in [5.41, 5.74) is 0.320. The van der Waals surface area contributed by atoms with Crippen molar-refractivity contribution in [3.63, 3.8) is 0 Å². The lowest BCUT2D eigenvalue weighted by atomic mass is 9.95. The molecule has 0 aliphatic carbocycles. The highest BCUT2D eigenvalue weighted by Gasteiger charge is 2.29. The maximum Gasteiger partial charge on any atom is 0.224 e. The predicted octanol–water partition coefficient (Wildman–Crippen LogP) is 3.05. The van der Waals surface area contributed by atoms with Crippen LogP contribution in [0.1, 0.15) is 18.1 Å². The highest BCUT2D eigenvalue weighted by Crippen LogP contribution is 2.26. The Morgan fingerprint density at radius 1 is 1.17 bits per heavy atom. The van der Waals surface area contributed by atoms with E-state index in [9.17, 15) is 9.18 Å². The Labute approximate surface area is 141 Å². The lowest BCUT2D eigenvalue weighted by Crippen LogP contribution is -2.41. The zero-order chi connectivity index (χ0) is 17.6. The highest BCUT2D eigenvalue weighted by atomic mass is 19.1. The van der Waals surface area contributed by atoms with Gasteiger partial charge < -0.3 is 14.8 Å². The van der Waals surface area contributed by atoms with E-state index in [1.54, 1.807) is 32.2 Å². The fraction of sp³-hybridized carbons (Fsp3) is 0.316. The largest absolute Gasteiger partial charge is 0.497 e. The van der Waals surface area contributed by atoms with Crippen molar-refractivity contribution in [2.24, 2.45) is 0 Å². The molecule has 24 heavy (non-hydrogen) atoms. The number of rotatable bonds is 7. The number of amides is 1. The molecule has 0 aliphatic heterocycles. The fourth-order valence-electron chi connectivity index (χ4n) is 2.47. The molecule has 1 N–H and O–H groups in total. The van der Waals surface area contributed by atoms with Crippen LogP contribution in [0.5, 0.6) is 5.75 Å². The summed E-state index contributed by atoms with van der Waals surface area (Å²) in [5, 5.41) is 2.81. The van der Waals surface area contributed by atoms with Crippen LogP contribution >= 0.6 is 0 Å². The van der Waals surface area contributed by atoms with Gasteiger partial charge >= 0.3 is 0 Å². The first kappa shape index (κ1) is 17.9.